The molecule has 0 saturated heterocycles. The van der Waals surface area contributed by atoms with E-state index < -0.39 is 36.3 Å². The summed E-state index contributed by atoms with van der Waals surface area (Å²) >= 11 is 1.28. The van der Waals surface area contributed by atoms with Gasteiger partial charge in [0.1, 0.15) is 6.04 Å². The number of esters is 1. The highest BCUT2D eigenvalue weighted by Crippen LogP contribution is 2.26. The zero-order valence-electron chi connectivity index (χ0n) is 13.5. The van der Waals surface area contributed by atoms with Gasteiger partial charge in [0.2, 0.25) is 0 Å². The summed E-state index contributed by atoms with van der Waals surface area (Å²) in [5, 5.41) is 2.35. The number of fused-ring (bicyclic) bond motifs is 1. The van der Waals surface area contributed by atoms with Crippen LogP contribution in [-0.4, -0.2) is 59.8 Å². The normalized spacial score (nSPS) is 13.8. The van der Waals surface area contributed by atoms with Gasteiger partial charge in [0.25, 0.3) is 17.7 Å². The number of benzene rings is 1. The maximum Gasteiger partial charge on any atom is 0.330 e. The predicted octanol–water partition coefficient (Wildman–Crippen LogP) is 0.307. The number of nitrogens with zero attached hydrogens (tertiary/aromatic N) is 1. The van der Waals surface area contributed by atoms with Crippen LogP contribution in [0.3, 0.4) is 0 Å². The van der Waals surface area contributed by atoms with E-state index in [9.17, 15) is 19.2 Å². The molecule has 8 heteroatoms. The van der Waals surface area contributed by atoms with E-state index in [1.54, 1.807) is 18.4 Å². The lowest BCUT2D eigenvalue weighted by atomic mass is 10.1. The highest BCUT2D eigenvalue weighted by molar-refractivity contribution is 7.98. The van der Waals surface area contributed by atoms with Gasteiger partial charge in [-0.25, -0.2) is 4.79 Å². The second-order valence-electron chi connectivity index (χ2n) is 5.09. The van der Waals surface area contributed by atoms with Gasteiger partial charge in [-0.05, 0) is 18.4 Å². The van der Waals surface area contributed by atoms with E-state index >= 15 is 0 Å². The van der Waals surface area contributed by atoms with Crippen LogP contribution in [0.4, 0.5) is 0 Å². The van der Waals surface area contributed by atoms with E-state index in [4.69, 9.17) is 11.2 Å². The third kappa shape index (κ3) is 4.00. The molecule has 25 heavy (non-hydrogen) atoms. The zero-order chi connectivity index (χ0) is 18.4. The molecule has 1 aliphatic heterocycles. The quantitative estimate of drug-likeness (QED) is 0.427. The number of terminal acetylenes is 1. The van der Waals surface area contributed by atoms with Crippen molar-refractivity contribution >= 4 is 35.5 Å². The van der Waals surface area contributed by atoms with Crippen LogP contribution in [-0.2, 0) is 14.3 Å². The van der Waals surface area contributed by atoms with Crippen LogP contribution in [0.1, 0.15) is 20.7 Å². The summed E-state index contributed by atoms with van der Waals surface area (Å²) in [6.45, 7) is -0.516. The molecule has 2 rings (SSSR count). The van der Waals surface area contributed by atoms with Crippen molar-refractivity contribution in [2.45, 2.75) is 6.04 Å². The summed E-state index contributed by atoms with van der Waals surface area (Å²) < 4.78 is 4.94. The summed E-state index contributed by atoms with van der Waals surface area (Å²) in [5.74, 6) is -0.0886. The van der Waals surface area contributed by atoms with E-state index in [0.717, 1.165) is 4.90 Å². The summed E-state index contributed by atoms with van der Waals surface area (Å²) in [4.78, 5) is 49.7. The zero-order valence-corrected chi connectivity index (χ0v) is 14.3. The van der Waals surface area contributed by atoms with Crippen LogP contribution < -0.4 is 5.32 Å². The smallest absolute Gasteiger partial charge is 0.330 e. The van der Waals surface area contributed by atoms with Crippen molar-refractivity contribution in [3.63, 3.8) is 0 Å². The Morgan fingerprint density at radius 3 is 2.40 bits per heavy atom. The van der Waals surface area contributed by atoms with E-state index in [2.05, 4.69) is 11.2 Å². The Morgan fingerprint density at radius 1 is 1.28 bits per heavy atom. The fourth-order valence-electron chi connectivity index (χ4n) is 2.33. The first kappa shape index (κ1) is 18.5. The van der Waals surface area contributed by atoms with Crippen molar-refractivity contribution in [3.05, 3.63) is 35.4 Å². The number of thioether (sulfide) groups is 1. The molecular weight excluding hydrogens is 344 g/mol. The van der Waals surface area contributed by atoms with Crippen LogP contribution in [0.2, 0.25) is 0 Å². The SMILES string of the molecule is C#CCNC(=O)COC(=O)[C@@H](CSC)N1C(=O)c2ccccc2C1=O. The summed E-state index contributed by atoms with van der Waals surface area (Å²) in [5.41, 5.74) is 0.497. The summed E-state index contributed by atoms with van der Waals surface area (Å²) in [7, 11) is 0. The molecule has 1 aliphatic rings. The molecule has 130 valence electrons. The van der Waals surface area contributed by atoms with Crippen molar-refractivity contribution in [2.75, 3.05) is 25.2 Å². The topological polar surface area (TPSA) is 92.8 Å². The Hall–Kier alpha value is -2.79. The Kier molecular flexibility index (Phi) is 6.19. The van der Waals surface area contributed by atoms with Crippen molar-refractivity contribution < 1.29 is 23.9 Å². The minimum absolute atomic E-state index is 0.0169. The molecule has 1 atom stereocenters. The van der Waals surface area contributed by atoms with Crippen molar-refractivity contribution in [3.8, 4) is 12.3 Å². The number of ether oxygens (including phenoxy) is 1. The number of nitrogens with one attached hydrogen (secondary N) is 1. The number of hydrogen-bond acceptors (Lipinski definition) is 6. The molecule has 0 saturated carbocycles. The molecule has 7 nitrogen and oxygen atoms in total. The molecule has 0 aromatic heterocycles. The van der Waals surface area contributed by atoms with Crippen molar-refractivity contribution in [1.29, 1.82) is 0 Å². The van der Waals surface area contributed by atoms with Gasteiger partial charge in [0.15, 0.2) is 6.61 Å². The highest BCUT2D eigenvalue weighted by atomic mass is 32.2. The second kappa shape index (κ2) is 8.35. The molecular formula is C17H16N2O5S. The van der Waals surface area contributed by atoms with E-state index in [1.807, 2.05) is 0 Å². The maximum absolute atomic E-state index is 12.5. The van der Waals surface area contributed by atoms with Crippen LogP contribution in [0.25, 0.3) is 0 Å². The van der Waals surface area contributed by atoms with E-state index in [1.165, 1.54) is 23.9 Å². The number of imide groups is 1. The van der Waals surface area contributed by atoms with Gasteiger partial charge in [-0.1, -0.05) is 18.1 Å². The van der Waals surface area contributed by atoms with Gasteiger partial charge in [0, 0.05) is 5.75 Å². The van der Waals surface area contributed by atoms with E-state index in [0.29, 0.717) is 0 Å². The first-order valence-corrected chi connectivity index (χ1v) is 8.73. The third-order valence-corrected chi connectivity index (χ3v) is 4.12. The first-order valence-electron chi connectivity index (χ1n) is 7.34. The fourth-order valence-corrected chi connectivity index (χ4v) is 2.93. The predicted molar refractivity (Wildman–Crippen MR) is 91.9 cm³/mol. The number of rotatable bonds is 7. The van der Waals surface area contributed by atoms with Crippen molar-refractivity contribution in [2.24, 2.45) is 0 Å². The van der Waals surface area contributed by atoms with Gasteiger partial charge >= 0.3 is 5.97 Å². The van der Waals surface area contributed by atoms with Gasteiger partial charge < -0.3 is 10.1 Å². The summed E-state index contributed by atoms with van der Waals surface area (Å²) in [6.07, 6.45) is 6.75. The minimum Gasteiger partial charge on any atom is -0.454 e. The molecule has 0 radical (unpaired) electrons. The van der Waals surface area contributed by atoms with Crippen LogP contribution in [0.5, 0.6) is 0 Å². The molecule has 0 spiro atoms. The Morgan fingerprint density at radius 2 is 1.88 bits per heavy atom. The minimum atomic E-state index is -1.11. The lowest BCUT2D eigenvalue weighted by Gasteiger charge is -2.23. The largest absolute Gasteiger partial charge is 0.454 e. The maximum atomic E-state index is 12.5. The van der Waals surface area contributed by atoms with Gasteiger partial charge in [-0.3, -0.25) is 19.3 Å². The van der Waals surface area contributed by atoms with Crippen molar-refractivity contribution in [1.82, 2.24) is 10.2 Å². The Labute approximate surface area is 149 Å². The molecule has 3 amide bonds. The highest BCUT2D eigenvalue weighted by Gasteiger charge is 2.43. The third-order valence-electron chi connectivity index (χ3n) is 3.47. The Bertz CT molecular complexity index is 721. The van der Waals surface area contributed by atoms with Crippen LogP contribution >= 0.6 is 11.8 Å². The summed E-state index contributed by atoms with van der Waals surface area (Å²) in [6, 6.07) is 5.24. The molecule has 1 aromatic carbocycles. The number of amides is 3. The lowest BCUT2D eigenvalue weighted by molar-refractivity contribution is -0.151. The second-order valence-corrected chi connectivity index (χ2v) is 6.00. The van der Waals surface area contributed by atoms with Gasteiger partial charge in [0.05, 0.1) is 17.7 Å². The van der Waals surface area contributed by atoms with Gasteiger partial charge in [-0.2, -0.15) is 11.8 Å². The average Bonchev–Trinajstić information content (AvgIpc) is 2.87. The van der Waals surface area contributed by atoms with Crippen LogP contribution in [0.15, 0.2) is 24.3 Å². The molecule has 0 unspecified atom stereocenters. The molecule has 1 heterocycles. The average molecular weight is 360 g/mol. The van der Waals surface area contributed by atoms with E-state index in [-0.39, 0.29) is 23.4 Å². The number of carbonyl (C=O) groups is 4. The monoisotopic (exact) mass is 360 g/mol. The molecule has 0 aliphatic carbocycles. The number of carbonyl (C=O) groups excluding carboxylic acids is 4. The Balaban J connectivity index is 2.12. The van der Waals surface area contributed by atoms with Crippen LogP contribution in [0, 0.1) is 12.3 Å². The molecule has 1 aromatic rings. The fraction of sp³-hybridized carbons (Fsp3) is 0.294. The van der Waals surface area contributed by atoms with Gasteiger partial charge in [-0.15, -0.1) is 6.42 Å². The number of hydrogen-bond donors (Lipinski definition) is 1. The first-order chi connectivity index (χ1) is 12.0. The molecule has 1 N–H and O–H groups in total. The lowest BCUT2D eigenvalue weighted by Crippen LogP contribution is -2.47. The standard InChI is InChI=1S/C17H16N2O5S/c1-3-8-18-14(20)9-24-17(23)13(10-25-2)19-15(21)11-6-4-5-7-12(11)16(19)22/h1,4-7,13H,8-10H2,2H3,(H,18,20)/t13-/m1/s1. The molecule has 0 fully saturated rings. The molecule has 0 bridgehead atoms.